The Morgan fingerprint density at radius 3 is 2.94 bits per heavy atom. The first-order valence-corrected chi connectivity index (χ1v) is 6.35. The number of nitrogens with zero attached hydrogens (tertiary/aromatic N) is 1. The normalized spacial score (nSPS) is 18.9. The largest absolute Gasteiger partial charge is 0.368 e. The van der Waals surface area contributed by atoms with Gasteiger partial charge in [0.05, 0.1) is 0 Å². The highest BCUT2D eigenvalue weighted by Gasteiger charge is 2.26. The summed E-state index contributed by atoms with van der Waals surface area (Å²) in [5.74, 6) is 0.0747. The van der Waals surface area contributed by atoms with E-state index in [0.717, 1.165) is 24.0 Å². The lowest BCUT2D eigenvalue weighted by molar-refractivity contribution is -0.140. The summed E-state index contributed by atoms with van der Waals surface area (Å²) < 4.78 is 5.41. The first kappa shape index (κ1) is 13.1. The summed E-state index contributed by atoms with van der Waals surface area (Å²) in [4.78, 5) is 13.8. The highest BCUT2D eigenvalue weighted by molar-refractivity contribution is 5.80. The average Bonchev–Trinajstić information content (AvgIpc) is 2.92. The molecule has 1 unspecified atom stereocenters. The molecule has 1 aromatic carbocycles. The van der Waals surface area contributed by atoms with Crippen molar-refractivity contribution < 1.29 is 9.53 Å². The molecule has 0 bridgehead atoms. The van der Waals surface area contributed by atoms with Crippen molar-refractivity contribution in [2.24, 2.45) is 5.73 Å². The van der Waals surface area contributed by atoms with E-state index in [9.17, 15) is 4.79 Å². The Morgan fingerprint density at radius 2 is 2.28 bits per heavy atom. The molecular weight excluding hydrogens is 228 g/mol. The third kappa shape index (κ3) is 3.09. The van der Waals surface area contributed by atoms with E-state index in [1.54, 1.807) is 4.90 Å². The molecule has 18 heavy (non-hydrogen) atoms. The van der Waals surface area contributed by atoms with Gasteiger partial charge in [0.15, 0.2) is 0 Å². The van der Waals surface area contributed by atoms with Crippen LogP contribution in [0.3, 0.4) is 0 Å². The van der Waals surface area contributed by atoms with E-state index in [0.29, 0.717) is 19.7 Å². The minimum atomic E-state index is -0.243. The Bertz CT molecular complexity index is 414. The Morgan fingerprint density at radius 1 is 1.50 bits per heavy atom. The molecule has 0 aliphatic carbocycles. The number of benzene rings is 1. The minimum absolute atomic E-state index is 0.0747. The summed E-state index contributed by atoms with van der Waals surface area (Å²) in [5.41, 5.74) is 7.80. The van der Waals surface area contributed by atoms with Gasteiger partial charge < -0.3 is 15.4 Å². The van der Waals surface area contributed by atoms with Crippen LogP contribution in [-0.4, -0.2) is 30.6 Å². The zero-order valence-electron chi connectivity index (χ0n) is 10.8. The Kier molecular flexibility index (Phi) is 4.33. The van der Waals surface area contributed by atoms with E-state index in [1.807, 2.05) is 31.3 Å². The maximum absolute atomic E-state index is 12.1. The predicted molar refractivity (Wildman–Crippen MR) is 69.8 cm³/mol. The summed E-state index contributed by atoms with van der Waals surface area (Å²) in [6.07, 6.45) is 1.58. The van der Waals surface area contributed by atoms with Gasteiger partial charge in [-0.1, -0.05) is 24.3 Å². The van der Waals surface area contributed by atoms with Gasteiger partial charge in [0, 0.05) is 26.7 Å². The lowest BCUT2D eigenvalue weighted by Crippen LogP contribution is -2.35. The molecule has 1 amide bonds. The fourth-order valence-electron chi connectivity index (χ4n) is 2.22. The first-order valence-electron chi connectivity index (χ1n) is 6.35. The van der Waals surface area contributed by atoms with Crippen molar-refractivity contribution in [2.75, 3.05) is 13.7 Å². The van der Waals surface area contributed by atoms with Crippen LogP contribution in [0.4, 0.5) is 0 Å². The van der Waals surface area contributed by atoms with Gasteiger partial charge in [0.1, 0.15) is 6.10 Å². The molecule has 4 heteroatoms. The Hall–Kier alpha value is -1.39. The fourth-order valence-corrected chi connectivity index (χ4v) is 2.22. The van der Waals surface area contributed by atoms with Gasteiger partial charge in [-0.15, -0.1) is 0 Å². The maximum Gasteiger partial charge on any atom is 0.251 e. The van der Waals surface area contributed by atoms with E-state index in [2.05, 4.69) is 0 Å². The molecule has 2 N–H and O–H groups in total. The number of likely N-dealkylation sites (N-methyl/N-ethyl adjacent to an activating group) is 1. The molecule has 0 aromatic heterocycles. The summed E-state index contributed by atoms with van der Waals surface area (Å²) >= 11 is 0. The summed E-state index contributed by atoms with van der Waals surface area (Å²) in [7, 11) is 1.82. The zero-order valence-corrected chi connectivity index (χ0v) is 10.8. The number of carbonyl (C=O) groups excluding carboxylic acids is 1. The van der Waals surface area contributed by atoms with E-state index in [1.165, 1.54) is 0 Å². The van der Waals surface area contributed by atoms with Gasteiger partial charge in [-0.05, 0) is 24.0 Å². The van der Waals surface area contributed by atoms with Crippen molar-refractivity contribution in [3.8, 4) is 0 Å². The van der Waals surface area contributed by atoms with Crippen molar-refractivity contribution in [1.82, 2.24) is 4.90 Å². The molecule has 1 fully saturated rings. The smallest absolute Gasteiger partial charge is 0.251 e. The number of hydrogen-bond acceptors (Lipinski definition) is 3. The standard InChI is InChI=1S/C14H20N2O2/c1-16(14(17)13-6-3-7-18-13)10-12-5-2-4-11(8-12)9-15/h2,4-5,8,13H,3,6-7,9-10,15H2,1H3. The van der Waals surface area contributed by atoms with Crippen LogP contribution in [0.15, 0.2) is 24.3 Å². The van der Waals surface area contributed by atoms with E-state index < -0.39 is 0 Å². The summed E-state index contributed by atoms with van der Waals surface area (Å²) in [6, 6.07) is 8.02. The predicted octanol–water partition coefficient (Wildman–Crippen LogP) is 1.28. The quantitative estimate of drug-likeness (QED) is 0.873. The number of amides is 1. The zero-order chi connectivity index (χ0) is 13.0. The van der Waals surface area contributed by atoms with Crippen LogP contribution < -0.4 is 5.73 Å². The first-order chi connectivity index (χ1) is 8.70. The lowest BCUT2D eigenvalue weighted by Gasteiger charge is -2.20. The highest BCUT2D eigenvalue weighted by Crippen LogP contribution is 2.15. The van der Waals surface area contributed by atoms with Gasteiger partial charge >= 0.3 is 0 Å². The van der Waals surface area contributed by atoms with E-state index >= 15 is 0 Å². The van der Waals surface area contributed by atoms with Crippen LogP contribution in [0.5, 0.6) is 0 Å². The molecule has 1 aromatic rings. The van der Waals surface area contributed by atoms with Gasteiger partial charge in [0.25, 0.3) is 5.91 Å². The molecule has 1 atom stereocenters. The van der Waals surface area contributed by atoms with Crippen molar-refractivity contribution in [3.05, 3.63) is 35.4 Å². The molecule has 1 aliphatic rings. The molecule has 2 rings (SSSR count). The van der Waals surface area contributed by atoms with Crippen molar-refractivity contribution in [3.63, 3.8) is 0 Å². The number of nitrogens with two attached hydrogens (primary N) is 1. The molecule has 1 saturated heterocycles. The second kappa shape index (κ2) is 5.98. The number of rotatable bonds is 4. The SMILES string of the molecule is CN(Cc1cccc(CN)c1)C(=O)C1CCCO1. The molecule has 1 heterocycles. The molecule has 0 radical (unpaired) electrons. The number of hydrogen-bond donors (Lipinski definition) is 1. The highest BCUT2D eigenvalue weighted by atomic mass is 16.5. The second-order valence-electron chi connectivity index (χ2n) is 4.72. The van der Waals surface area contributed by atoms with Crippen molar-refractivity contribution in [1.29, 1.82) is 0 Å². The lowest BCUT2D eigenvalue weighted by atomic mass is 10.1. The fraction of sp³-hybridized carbons (Fsp3) is 0.500. The minimum Gasteiger partial charge on any atom is -0.368 e. The monoisotopic (exact) mass is 248 g/mol. The van der Waals surface area contributed by atoms with Gasteiger partial charge in [-0.3, -0.25) is 4.79 Å². The molecule has 1 aliphatic heterocycles. The Labute approximate surface area is 108 Å². The van der Waals surface area contributed by atoms with Crippen molar-refractivity contribution in [2.45, 2.75) is 32.0 Å². The number of ether oxygens (including phenoxy) is 1. The van der Waals surface area contributed by atoms with Crippen molar-refractivity contribution >= 4 is 5.91 Å². The average molecular weight is 248 g/mol. The third-order valence-electron chi connectivity index (χ3n) is 3.23. The topological polar surface area (TPSA) is 55.6 Å². The Balaban J connectivity index is 1.97. The third-order valence-corrected chi connectivity index (χ3v) is 3.23. The van der Waals surface area contributed by atoms with Crippen LogP contribution >= 0.6 is 0 Å². The van der Waals surface area contributed by atoms with Crippen LogP contribution in [0.2, 0.25) is 0 Å². The van der Waals surface area contributed by atoms with E-state index in [-0.39, 0.29) is 12.0 Å². The van der Waals surface area contributed by atoms with E-state index in [4.69, 9.17) is 10.5 Å². The number of carbonyl (C=O) groups is 1. The molecule has 4 nitrogen and oxygen atoms in total. The molecule has 0 spiro atoms. The molecule has 98 valence electrons. The second-order valence-corrected chi connectivity index (χ2v) is 4.72. The summed E-state index contributed by atoms with van der Waals surface area (Å²) in [6.45, 7) is 1.83. The van der Waals surface area contributed by atoms with Crippen LogP contribution in [0.25, 0.3) is 0 Å². The van der Waals surface area contributed by atoms with Crippen LogP contribution in [0.1, 0.15) is 24.0 Å². The van der Waals surface area contributed by atoms with Gasteiger partial charge in [0.2, 0.25) is 0 Å². The molecular formula is C14H20N2O2. The summed E-state index contributed by atoms with van der Waals surface area (Å²) in [5, 5.41) is 0. The van der Waals surface area contributed by atoms with Crippen LogP contribution in [0, 0.1) is 0 Å². The molecule has 0 saturated carbocycles. The van der Waals surface area contributed by atoms with Gasteiger partial charge in [-0.2, -0.15) is 0 Å². The maximum atomic E-state index is 12.1. The van der Waals surface area contributed by atoms with Crippen LogP contribution in [-0.2, 0) is 22.6 Å². The van der Waals surface area contributed by atoms with Gasteiger partial charge in [-0.25, -0.2) is 0 Å².